The van der Waals surface area contributed by atoms with Crippen LogP contribution >= 0.6 is 0 Å². The summed E-state index contributed by atoms with van der Waals surface area (Å²) in [4.78, 5) is 0. The highest BCUT2D eigenvalue weighted by Crippen LogP contribution is 2.53. The smallest absolute Gasteiger partial charge is 0.417 e. The van der Waals surface area contributed by atoms with Crippen LogP contribution in [0.4, 0.5) is 17.6 Å². The number of hydrogen-bond acceptors (Lipinski definition) is 3. The van der Waals surface area contributed by atoms with Crippen LogP contribution in [0.3, 0.4) is 0 Å². The van der Waals surface area contributed by atoms with Gasteiger partial charge in [-0.05, 0) is 36.8 Å². The van der Waals surface area contributed by atoms with Gasteiger partial charge in [0.05, 0.1) is 12.7 Å². The predicted octanol–water partition coefficient (Wildman–Crippen LogP) is 5.71. The second kappa shape index (κ2) is 6.04. The van der Waals surface area contributed by atoms with E-state index in [4.69, 9.17) is 14.2 Å². The minimum atomic E-state index is -4.66. The molecule has 0 spiro atoms. The Morgan fingerprint density at radius 1 is 1.00 bits per heavy atom. The lowest BCUT2D eigenvalue weighted by Gasteiger charge is -2.22. The van der Waals surface area contributed by atoms with Gasteiger partial charge in [0.15, 0.2) is 11.5 Å². The van der Waals surface area contributed by atoms with Gasteiger partial charge in [0.1, 0.15) is 11.6 Å². The Kier molecular flexibility index (Phi) is 3.91. The Bertz CT molecular complexity index is 1040. The molecule has 0 atom stereocenters. The Morgan fingerprint density at radius 3 is 2.33 bits per heavy atom. The van der Waals surface area contributed by atoms with Crippen molar-refractivity contribution in [3.63, 3.8) is 0 Å². The van der Waals surface area contributed by atoms with E-state index in [1.807, 2.05) is 0 Å². The van der Waals surface area contributed by atoms with Crippen molar-refractivity contribution >= 4 is 10.8 Å². The first-order chi connectivity index (χ1) is 12.8. The number of halogens is 4. The van der Waals surface area contributed by atoms with Gasteiger partial charge in [-0.15, -0.1) is 0 Å². The maximum atomic E-state index is 14.1. The minimum absolute atomic E-state index is 0.0457. The highest BCUT2D eigenvalue weighted by atomic mass is 19.4. The highest BCUT2D eigenvalue weighted by molar-refractivity contribution is 6.08. The Hall–Kier alpha value is -2.96. The lowest BCUT2D eigenvalue weighted by molar-refractivity contribution is -0.137. The van der Waals surface area contributed by atoms with Crippen LogP contribution in [0.1, 0.15) is 11.1 Å². The SMILES string of the molecule is COc1c(C)c(C(F)(F)F)c(-c2ccc(F)cc2)c2c3c(ccc12)OCO3. The number of rotatable bonds is 2. The van der Waals surface area contributed by atoms with Crippen molar-refractivity contribution in [2.75, 3.05) is 13.9 Å². The van der Waals surface area contributed by atoms with E-state index in [1.165, 1.54) is 26.2 Å². The standard InChI is InChI=1S/C20H14F4O3/c1-10-17(20(22,23)24)15(11-3-5-12(21)6-4-11)16-13(18(10)25-2)7-8-14-19(16)27-9-26-14/h3-8H,9H2,1-2H3. The van der Waals surface area contributed by atoms with E-state index in [9.17, 15) is 17.6 Å². The van der Waals surface area contributed by atoms with Crippen LogP contribution in [-0.4, -0.2) is 13.9 Å². The largest absolute Gasteiger partial charge is 0.496 e. The first kappa shape index (κ1) is 17.5. The third-order valence-corrected chi connectivity index (χ3v) is 4.62. The molecule has 140 valence electrons. The van der Waals surface area contributed by atoms with E-state index in [0.29, 0.717) is 11.1 Å². The molecule has 3 aromatic rings. The van der Waals surface area contributed by atoms with Gasteiger partial charge in [0.25, 0.3) is 0 Å². The summed E-state index contributed by atoms with van der Waals surface area (Å²) in [5, 5.41) is 0.693. The Morgan fingerprint density at radius 2 is 1.70 bits per heavy atom. The summed E-state index contributed by atoms with van der Waals surface area (Å²) in [6.45, 7) is 1.27. The quantitative estimate of drug-likeness (QED) is 0.535. The maximum Gasteiger partial charge on any atom is 0.417 e. The molecule has 1 aliphatic rings. The number of methoxy groups -OCH3 is 1. The monoisotopic (exact) mass is 378 g/mol. The van der Waals surface area contributed by atoms with Gasteiger partial charge in [-0.1, -0.05) is 12.1 Å². The molecule has 1 aliphatic heterocycles. The van der Waals surface area contributed by atoms with Crippen LogP contribution in [0.5, 0.6) is 17.2 Å². The summed E-state index contributed by atoms with van der Waals surface area (Å²) >= 11 is 0. The van der Waals surface area contributed by atoms with Crippen molar-refractivity contribution in [3.8, 4) is 28.4 Å². The van der Waals surface area contributed by atoms with Crippen molar-refractivity contribution in [1.29, 1.82) is 0 Å². The maximum absolute atomic E-state index is 14.1. The minimum Gasteiger partial charge on any atom is -0.496 e. The average Bonchev–Trinajstić information content (AvgIpc) is 3.09. The van der Waals surface area contributed by atoms with Crippen LogP contribution in [0.15, 0.2) is 36.4 Å². The van der Waals surface area contributed by atoms with Crippen LogP contribution in [-0.2, 0) is 6.18 Å². The van der Waals surface area contributed by atoms with E-state index in [1.54, 1.807) is 12.1 Å². The van der Waals surface area contributed by atoms with Crippen molar-refractivity contribution in [2.24, 2.45) is 0 Å². The second-order valence-corrected chi connectivity index (χ2v) is 6.13. The molecule has 0 aromatic heterocycles. The third-order valence-electron chi connectivity index (χ3n) is 4.62. The Balaban J connectivity index is 2.24. The number of ether oxygens (including phenoxy) is 3. The van der Waals surface area contributed by atoms with E-state index < -0.39 is 17.6 Å². The lowest BCUT2D eigenvalue weighted by atomic mass is 9.88. The van der Waals surface area contributed by atoms with Gasteiger partial charge >= 0.3 is 6.18 Å². The Labute approximate surface area is 152 Å². The van der Waals surface area contributed by atoms with Gasteiger partial charge in [0, 0.05) is 21.9 Å². The fourth-order valence-corrected chi connectivity index (χ4v) is 3.56. The fraction of sp³-hybridized carbons (Fsp3) is 0.200. The molecule has 0 aliphatic carbocycles. The fourth-order valence-electron chi connectivity index (χ4n) is 3.56. The average molecular weight is 378 g/mol. The molecule has 3 aromatic carbocycles. The number of hydrogen-bond donors (Lipinski definition) is 0. The van der Waals surface area contributed by atoms with Crippen molar-refractivity contribution in [3.05, 3.63) is 53.3 Å². The van der Waals surface area contributed by atoms with Crippen molar-refractivity contribution < 1.29 is 31.8 Å². The normalized spacial score (nSPS) is 13.3. The van der Waals surface area contributed by atoms with Gasteiger partial charge < -0.3 is 14.2 Å². The van der Waals surface area contributed by atoms with E-state index >= 15 is 0 Å². The van der Waals surface area contributed by atoms with Crippen molar-refractivity contribution in [2.45, 2.75) is 13.1 Å². The second-order valence-electron chi connectivity index (χ2n) is 6.13. The molecule has 27 heavy (non-hydrogen) atoms. The molecular weight excluding hydrogens is 364 g/mol. The zero-order valence-electron chi connectivity index (χ0n) is 14.4. The zero-order chi connectivity index (χ0) is 19.3. The lowest BCUT2D eigenvalue weighted by Crippen LogP contribution is -2.12. The van der Waals surface area contributed by atoms with Crippen molar-refractivity contribution in [1.82, 2.24) is 0 Å². The first-order valence-corrected chi connectivity index (χ1v) is 8.09. The summed E-state index contributed by atoms with van der Waals surface area (Å²) in [6.07, 6.45) is -4.66. The molecule has 0 unspecified atom stereocenters. The zero-order valence-corrected chi connectivity index (χ0v) is 14.4. The summed E-state index contributed by atoms with van der Waals surface area (Å²) < 4.78 is 71.7. The number of fused-ring (bicyclic) bond motifs is 3. The molecule has 0 saturated heterocycles. The van der Waals surface area contributed by atoms with Crippen LogP contribution < -0.4 is 14.2 Å². The number of alkyl halides is 3. The third kappa shape index (κ3) is 2.65. The highest BCUT2D eigenvalue weighted by Gasteiger charge is 2.39. The molecular formula is C20H14F4O3. The molecule has 3 nitrogen and oxygen atoms in total. The van der Waals surface area contributed by atoms with Gasteiger partial charge in [-0.25, -0.2) is 4.39 Å². The molecule has 0 N–H and O–H groups in total. The molecule has 0 saturated carbocycles. The van der Waals surface area contributed by atoms with Gasteiger partial charge in [0.2, 0.25) is 6.79 Å². The topological polar surface area (TPSA) is 27.7 Å². The summed E-state index contributed by atoms with van der Waals surface area (Å²) in [5.41, 5.74) is -0.750. The van der Waals surface area contributed by atoms with E-state index in [-0.39, 0.29) is 40.4 Å². The molecule has 0 radical (unpaired) electrons. The van der Waals surface area contributed by atoms with Crippen LogP contribution in [0.25, 0.3) is 21.9 Å². The first-order valence-electron chi connectivity index (χ1n) is 8.09. The van der Waals surface area contributed by atoms with Crippen LogP contribution in [0.2, 0.25) is 0 Å². The summed E-state index contributed by atoms with van der Waals surface area (Å²) in [6, 6.07) is 8.17. The van der Waals surface area contributed by atoms with E-state index in [0.717, 1.165) is 12.1 Å². The van der Waals surface area contributed by atoms with Gasteiger partial charge in [-0.2, -0.15) is 13.2 Å². The summed E-state index contributed by atoms with van der Waals surface area (Å²) in [5.74, 6) is 0.147. The summed E-state index contributed by atoms with van der Waals surface area (Å²) in [7, 11) is 1.32. The molecule has 0 bridgehead atoms. The van der Waals surface area contributed by atoms with E-state index in [2.05, 4.69) is 0 Å². The molecule has 7 heteroatoms. The molecule has 0 fully saturated rings. The number of benzene rings is 3. The van der Waals surface area contributed by atoms with Gasteiger partial charge in [-0.3, -0.25) is 0 Å². The molecule has 0 amide bonds. The molecule has 1 heterocycles. The predicted molar refractivity (Wildman–Crippen MR) is 91.8 cm³/mol. The molecule has 4 rings (SSSR count). The van der Waals surface area contributed by atoms with Crippen LogP contribution in [0, 0.1) is 12.7 Å².